The van der Waals surface area contributed by atoms with Crippen LogP contribution in [0, 0.1) is 5.41 Å². The predicted molar refractivity (Wildman–Crippen MR) is 84.4 cm³/mol. The third-order valence-corrected chi connectivity index (χ3v) is 4.76. The molecule has 1 aliphatic rings. The minimum atomic E-state index is -0.438. The Labute approximate surface area is 131 Å². The Morgan fingerprint density at radius 2 is 2.00 bits per heavy atom. The molecule has 1 saturated heterocycles. The lowest BCUT2D eigenvalue weighted by molar-refractivity contribution is -0.138. The van der Waals surface area contributed by atoms with Crippen molar-refractivity contribution in [2.24, 2.45) is 11.1 Å². The number of primary amides is 1. The van der Waals surface area contributed by atoms with Crippen molar-refractivity contribution in [2.75, 3.05) is 20.2 Å². The van der Waals surface area contributed by atoms with Gasteiger partial charge in [-0.1, -0.05) is 19.1 Å². The smallest absolute Gasteiger partial charge is 0.226 e. The first-order valence-corrected chi connectivity index (χ1v) is 7.71. The average Bonchev–Trinajstić information content (AvgIpc) is 2.54. The minimum Gasteiger partial charge on any atom is -0.497 e. The lowest BCUT2D eigenvalue weighted by atomic mass is 9.75. The number of likely N-dealkylation sites (tertiary alicyclic amines) is 1. The van der Waals surface area contributed by atoms with Crippen molar-refractivity contribution in [2.45, 2.75) is 32.6 Å². The fourth-order valence-electron chi connectivity index (χ4n) is 3.03. The number of methoxy groups -OCH3 is 1. The third kappa shape index (κ3) is 3.40. The highest BCUT2D eigenvalue weighted by Gasteiger charge is 2.39. The molecule has 120 valence electrons. The van der Waals surface area contributed by atoms with Crippen LogP contribution in [0.15, 0.2) is 24.3 Å². The lowest BCUT2D eigenvalue weighted by Crippen LogP contribution is -2.48. The summed E-state index contributed by atoms with van der Waals surface area (Å²) in [4.78, 5) is 25.9. The van der Waals surface area contributed by atoms with Crippen molar-refractivity contribution in [1.29, 1.82) is 0 Å². The Bertz CT molecular complexity index is 549. The summed E-state index contributed by atoms with van der Waals surface area (Å²) in [5.41, 5.74) is 6.03. The largest absolute Gasteiger partial charge is 0.497 e. The van der Waals surface area contributed by atoms with E-state index < -0.39 is 5.41 Å². The van der Waals surface area contributed by atoms with Crippen LogP contribution >= 0.6 is 0 Å². The van der Waals surface area contributed by atoms with Crippen molar-refractivity contribution in [3.8, 4) is 5.75 Å². The molecule has 1 aromatic rings. The number of nitrogens with two attached hydrogens (primary N) is 1. The van der Waals surface area contributed by atoms with E-state index in [1.165, 1.54) is 0 Å². The van der Waals surface area contributed by atoms with Crippen LogP contribution in [0.25, 0.3) is 0 Å². The zero-order valence-corrected chi connectivity index (χ0v) is 13.3. The summed E-state index contributed by atoms with van der Waals surface area (Å²) < 4.78 is 5.17. The van der Waals surface area contributed by atoms with Crippen LogP contribution in [0.5, 0.6) is 5.75 Å². The highest BCUT2D eigenvalue weighted by atomic mass is 16.5. The first-order chi connectivity index (χ1) is 10.5. The molecule has 0 saturated carbocycles. The molecule has 2 N–H and O–H groups in total. The van der Waals surface area contributed by atoms with E-state index in [-0.39, 0.29) is 11.8 Å². The molecular formula is C17H24N2O3. The summed E-state index contributed by atoms with van der Waals surface area (Å²) in [6.07, 6.45) is 2.40. The van der Waals surface area contributed by atoms with Gasteiger partial charge in [0.2, 0.25) is 11.8 Å². The number of rotatable bonds is 5. The van der Waals surface area contributed by atoms with Crippen molar-refractivity contribution in [1.82, 2.24) is 4.90 Å². The maximum absolute atomic E-state index is 12.4. The number of hydrogen-bond donors (Lipinski definition) is 1. The second-order valence-electron chi connectivity index (χ2n) is 5.91. The van der Waals surface area contributed by atoms with Gasteiger partial charge in [-0.15, -0.1) is 0 Å². The number of ether oxygens (including phenoxy) is 1. The molecular weight excluding hydrogens is 280 g/mol. The van der Waals surface area contributed by atoms with E-state index in [9.17, 15) is 9.59 Å². The zero-order valence-electron chi connectivity index (χ0n) is 13.3. The van der Waals surface area contributed by atoms with Crippen LogP contribution < -0.4 is 10.5 Å². The molecule has 0 bridgehead atoms. The van der Waals surface area contributed by atoms with Gasteiger partial charge in [0.05, 0.1) is 18.9 Å². The van der Waals surface area contributed by atoms with E-state index in [0.717, 1.165) is 17.7 Å². The normalized spacial score (nSPS) is 17.1. The second-order valence-corrected chi connectivity index (χ2v) is 5.91. The van der Waals surface area contributed by atoms with Crippen molar-refractivity contribution in [3.63, 3.8) is 0 Å². The first kappa shape index (κ1) is 16.3. The number of benzene rings is 1. The molecule has 0 unspecified atom stereocenters. The Morgan fingerprint density at radius 1 is 1.32 bits per heavy atom. The van der Waals surface area contributed by atoms with Gasteiger partial charge < -0.3 is 15.4 Å². The zero-order chi connectivity index (χ0) is 16.2. The topological polar surface area (TPSA) is 72.6 Å². The summed E-state index contributed by atoms with van der Waals surface area (Å²) >= 11 is 0. The van der Waals surface area contributed by atoms with Crippen LogP contribution in [0.1, 0.15) is 31.7 Å². The quantitative estimate of drug-likeness (QED) is 0.900. The number of carbonyl (C=O) groups excluding carboxylic acids is 2. The molecule has 1 aliphatic heterocycles. The maximum atomic E-state index is 12.4. The van der Waals surface area contributed by atoms with E-state index in [1.807, 2.05) is 36.1 Å². The monoisotopic (exact) mass is 304 g/mol. The molecule has 1 heterocycles. The van der Waals surface area contributed by atoms with E-state index >= 15 is 0 Å². The summed E-state index contributed by atoms with van der Waals surface area (Å²) in [6.45, 7) is 3.18. The van der Waals surface area contributed by atoms with Gasteiger partial charge in [-0.2, -0.15) is 0 Å². The molecule has 1 fully saturated rings. The van der Waals surface area contributed by atoms with Gasteiger partial charge in [0, 0.05) is 13.1 Å². The molecule has 0 aromatic heterocycles. The van der Waals surface area contributed by atoms with Crippen LogP contribution in [-0.4, -0.2) is 36.9 Å². The Balaban J connectivity index is 1.96. The summed E-state index contributed by atoms with van der Waals surface area (Å²) in [6, 6.07) is 7.54. The van der Waals surface area contributed by atoms with Gasteiger partial charge in [-0.05, 0) is 37.0 Å². The maximum Gasteiger partial charge on any atom is 0.226 e. The molecule has 1 aromatic carbocycles. The molecule has 0 atom stereocenters. The number of nitrogens with zero attached hydrogens (tertiary/aromatic N) is 1. The van der Waals surface area contributed by atoms with Gasteiger partial charge in [0.1, 0.15) is 5.75 Å². The highest BCUT2D eigenvalue weighted by Crippen LogP contribution is 2.34. The van der Waals surface area contributed by atoms with E-state index in [2.05, 4.69) is 0 Å². The molecule has 2 rings (SSSR count). The molecule has 0 spiro atoms. The fourth-order valence-corrected chi connectivity index (χ4v) is 3.03. The van der Waals surface area contributed by atoms with E-state index in [1.54, 1.807) is 7.11 Å². The molecule has 5 nitrogen and oxygen atoms in total. The Kier molecular flexibility index (Phi) is 5.06. The third-order valence-electron chi connectivity index (χ3n) is 4.76. The van der Waals surface area contributed by atoms with Crippen molar-refractivity contribution < 1.29 is 14.3 Å². The Hall–Kier alpha value is -2.04. The number of amides is 2. The predicted octanol–water partition coefficient (Wildman–Crippen LogP) is 1.74. The highest BCUT2D eigenvalue weighted by molar-refractivity contribution is 5.82. The van der Waals surface area contributed by atoms with Gasteiger partial charge in [-0.3, -0.25) is 9.59 Å². The lowest BCUT2D eigenvalue weighted by Gasteiger charge is -2.39. The van der Waals surface area contributed by atoms with Gasteiger partial charge >= 0.3 is 0 Å². The van der Waals surface area contributed by atoms with Crippen molar-refractivity contribution >= 4 is 11.8 Å². The fraction of sp³-hybridized carbons (Fsp3) is 0.529. The van der Waals surface area contributed by atoms with E-state index in [0.29, 0.717) is 32.4 Å². The average molecular weight is 304 g/mol. The van der Waals surface area contributed by atoms with Gasteiger partial charge in [0.15, 0.2) is 0 Å². The van der Waals surface area contributed by atoms with Crippen molar-refractivity contribution in [3.05, 3.63) is 29.8 Å². The first-order valence-electron chi connectivity index (χ1n) is 7.71. The van der Waals surface area contributed by atoms with Crippen LogP contribution in [-0.2, 0) is 16.0 Å². The molecule has 5 heteroatoms. The molecule has 0 aliphatic carbocycles. The second kappa shape index (κ2) is 6.81. The summed E-state index contributed by atoms with van der Waals surface area (Å²) in [7, 11) is 1.61. The molecule has 0 radical (unpaired) electrons. The van der Waals surface area contributed by atoms with Crippen LogP contribution in [0.4, 0.5) is 0 Å². The van der Waals surface area contributed by atoms with E-state index in [4.69, 9.17) is 10.5 Å². The number of piperidine rings is 1. The number of hydrogen-bond acceptors (Lipinski definition) is 3. The SMILES string of the molecule is CCC1(C(N)=O)CCN(C(=O)Cc2cccc(OC)c2)CC1. The van der Waals surface area contributed by atoms with Gasteiger partial charge in [-0.25, -0.2) is 0 Å². The summed E-state index contributed by atoms with van der Waals surface area (Å²) in [5.74, 6) is 0.597. The minimum absolute atomic E-state index is 0.0856. The van der Waals surface area contributed by atoms with Crippen LogP contribution in [0.2, 0.25) is 0 Å². The molecule has 2 amide bonds. The van der Waals surface area contributed by atoms with Gasteiger partial charge in [0.25, 0.3) is 0 Å². The number of carbonyl (C=O) groups is 2. The molecule has 22 heavy (non-hydrogen) atoms. The summed E-state index contributed by atoms with van der Waals surface area (Å²) in [5, 5.41) is 0. The Morgan fingerprint density at radius 3 is 2.55 bits per heavy atom. The standard InChI is InChI=1S/C17H24N2O3/c1-3-17(16(18)21)7-9-19(10-8-17)15(20)12-13-5-4-6-14(11-13)22-2/h4-6,11H,3,7-10,12H2,1-2H3,(H2,18,21). The van der Waals surface area contributed by atoms with Crippen LogP contribution in [0.3, 0.4) is 0 Å².